The van der Waals surface area contributed by atoms with Gasteiger partial charge in [-0.2, -0.15) is 5.10 Å². The molecule has 0 bridgehead atoms. The van der Waals surface area contributed by atoms with Gasteiger partial charge in [-0.05, 0) is 64.9 Å². The van der Waals surface area contributed by atoms with Crippen molar-refractivity contribution in [1.29, 1.82) is 0 Å². The third-order valence-electron chi connectivity index (χ3n) is 3.21. The first-order valence-electron chi connectivity index (χ1n) is 6.56. The van der Waals surface area contributed by atoms with E-state index in [9.17, 15) is 0 Å². The lowest BCUT2D eigenvalue weighted by Gasteiger charge is -2.17. The van der Waals surface area contributed by atoms with E-state index in [0.717, 1.165) is 33.3 Å². The Kier molecular flexibility index (Phi) is 5.35. The molecule has 1 N–H and O–H groups in total. The summed E-state index contributed by atoms with van der Waals surface area (Å²) in [6, 6.07) is 4.31. The van der Waals surface area contributed by atoms with Crippen molar-refractivity contribution in [2.45, 2.75) is 32.9 Å². The van der Waals surface area contributed by atoms with Crippen LogP contribution in [-0.4, -0.2) is 21.8 Å². The maximum absolute atomic E-state index is 4.52. The van der Waals surface area contributed by atoms with Crippen molar-refractivity contribution < 1.29 is 0 Å². The number of aromatic nitrogens is 3. The number of rotatable bonds is 5. The second-order valence-corrected chi connectivity index (χ2v) is 6.43. The molecule has 2 aromatic rings. The number of pyridine rings is 1. The van der Waals surface area contributed by atoms with Crippen LogP contribution < -0.4 is 5.32 Å². The molecule has 0 saturated carbocycles. The van der Waals surface area contributed by atoms with Crippen molar-refractivity contribution in [3.8, 4) is 0 Å². The van der Waals surface area contributed by atoms with Crippen LogP contribution in [0.25, 0.3) is 0 Å². The second kappa shape index (κ2) is 6.83. The quantitative estimate of drug-likeness (QED) is 0.831. The van der Waals surface area contributed by atoms with Crippen molar-refractivity contribution in [2.75, 3.05) is 7.05 Å². The second-order valence-electron chi connectivity index (χ2n) is 4.66. The lowest BCUT2D eigenvalue weighted by Crippen LogP contribution is -2.22. The Bertz CT molecular complexity index is 595. The third kappa shape index (κ3) is 3.48. The van der Waals surface area contributed by atoms with Crippen molar-refractivity contribution in [3.63, 3.8) is 0 Å². The molecule has 1 atom stereocenters. The van der Waals surface area contributed by atoms with Crippen LogP contribution in [0.3, 0.4) is 0 Å². The van der Waals surface area contributed by atoms with Crippen LogP contribution in [0.1, 0.15) is 30.0 Å². The van der Waals surface area contributed by atoms with Gasteiger partial charge in [0.2, 0.25) is 0 Å². The molecule has 0 spiro atoms. The van der Waals surface area contributed by atoms with Crippen LogP contribution in [0.4, 0.5) is 0 Å². The van der Waals surface area contributed by atoms with Gasteiger partial charge in [-0.15, -0.1) is 0 Å². The van der Waals surface area contributed by atoms with E-state index in [2.05, 4.69) is 60.2 Å². The topological polar surface area (TPSA) is 42.7 Å². The highest BCUT2D eigenvalue weighted by Gasteiger charge is 2.17. The summed E-state index contributed by atoms with van der Waals surface area (Å²) < 4.78 is 4.02. The van der Waals surface area contributed by atoms with Gasteiger partial charge in [0.25, 0.3) is 0 Å². The number of nitrogens with one attached hydrogen (secondary N) is 1. The van der Waals surface area contributed by atoms with Crippen LogP contribution in [0, 0.1) is 6.92 Å². The van der Waals surface area contributed by atoms with Crippen LogP contribution >= 0.6 is 31.9 Å². The van der Waals surface area contributed by atoms with Crippen molar-refractivity contribution >= 4 is 31.9 Å². The first-order valence-corrected chi connectivity index (χ1v) is 8.15. The molecule has 4 nitrogen and oxygen atoms in total. The molecule has 6 heteroatoms. The van der Waals surface area contributed by atoms with Crippen molar-refractivity contribution in [3.05, 3.63) is 44.4 Å². The van der Waals surface area contributed by atoms with E-state index < -0.39 is 0 Å². The number of nitrogens with zero attached hydrogens (tertiary/aromatic N) is 3. The first-order chi connectivity index (χ1) is 9.55. The molecular formula is C14H18Br2N4. The molecule has 0 radical (unpaired) electrons. The largest absolute Gasteiger partial charge is 0.311 e. The van der Waals surface area contributed by atoms with Crippen LogP contribution in [0.15, 0.2) is 27.3 Å². The van der Waals surface area contributed by atoms with Crippen molar-refractivity contribution in [2.24, 2.45) is 0 Å². The predicted molar refractivity (Wildman–Crippen MR) is 87.8 cm³/mol. The number of aryl methyl sites for hydroxylation is 2. The zero-order valence-electron chi connectivity index (χ0n) is 11.8. The Morgan fingerprint density at radius 1 is 1.35 bits per heavy atom. The zero-order chi connectivity index (χ0) is 14.7. The zero-order valence-corrected chi connectivity index (χ0v) is 15.0. The minimum absolute atomic E-state index is 0.152. The Hall–Kier alpha value is -0.720. The average Bonchev–Trinajstić information content (AvgIpc) is 2.76. The summed E-state index contributed by atoms with van der Waals surface area (Å²) >= 11 is 7.02. The Morgan fingerprint density at radius 2 is 2.10 bits per heavy atom. The van der Waals surface area contributed by atoms with Crippen molar-refractivity contribution in [1.82, 2.24) is 20.1 Å². The van der Waals surface area contributed by atoms with Gasteiger partial charge in [0.1, 0.15) is 0 Å². The van der Waals surface area contributed by atoms with Gasteiger partial charge >= 0.3 is 0 Å². The molecule has 0 aromatic carbocycles. The lowest BCUT2D eigenvalue weighted by atomic mass is 10.1. The highest BCUT2D eigenvalue weighted by atomic mass is 79.9. The maximum atomic E-state index is 4.52. The van der Waals surface area contributed by atoms with Gasteiger partial charge in [-0.25, -0.2) is 0 Å². The molecular weight excluding hydrogens is 384 g/mol. The molecule has 108 valence electrons. The van der Waals surface area contributed by atoms with Gasteiger partial charge in [0, 0.05) is 33.8 Å². The first kappa shape index (κ1) is 15.7. The van der Waals surface area contributed by atoms with Crippen LogP contribution in [0.2, 0.25) is 0 Å². The molecule has 0 amide bonds. The summed E-state index contributed by atoms with van der Waals surface area (Å²) in [6.07, 6.45) is 2.69. The normalized spacial score (nSPS) is 12.7. The molecule has 2 heterocycles. The highest BCUT2D eigenvalue weighted by Crippen LogP contribution is 2.26. The molecule has 0 aliphatic rings. The number of hydrogen-bond donors (Lipinski definition) is 1. The number of likely N-dealkylation sites (N-methyl/N-ethyl adjacent to an activating group) is 1. The highest BCUT2D eigenvalue weighted by molar-refractivity contribution is 9.11. The Balaban J connectivity index is 2.28. The fourth-order valence-corrected chi connectivity index (χ4v) is 3.53. The fraction of sp³-hybridized carbons (Fsp3) is 0.429. The van der Waals surface area contributed by atoms with Gasteiger partial charge in [0.15, 0.2) is 0 Å². The van der Waals surface area contributed by atoms with Crippen LogP contribution in [-0.2, 0) is 13.0 Å². The molecule has 0 aliphatic carbocycles. The molecule has 0 fully saturated rings. The molecule has 2 aromatic heterocycles. The van der Waals surface area contributed by atoms with Gasteiger partial charge in [-0.3, -0.25) is 9.67 Å². The summed E-state index contributed by atoms with van der Waals surface area (Å²) in [6.45, 7) is 5.02. The van der Waals surface area contributed by atoms with E-state index in [-0.39, 0.29) is 6.04 Å². The van der Waals surface area contributed by atoms with Gasteiger partial charge in [0.05, 0.1) is 17.4 Å². The van der Waals surface area contributed by atoms with E-state index in [4.69, 9.17) is 0 Å². The Morgan fingerprint density at radius 3 is 2.70 bits per heavy atom. The smallest absolute Gasteiger partial charge is 0.0719 e. The van der Waals surface area contributed by atoms with E-state index >= 15 is 0 Å². The molecule has 0 aliphatic heterocycles. The summed E-state index contributed by atoms with van der Waals surface area (Å²) in [5.41, 5.74) is 3.29. The monoisotopic (exact) mass is 400 g/mol. The average molecular weight is 402 g/mol. The van der Waals surface area contributed by atoms with Crippen LogP contribution in [0.5, 0.6) is 0 Å². The minimum atomic E-state index is 0.152. The minimum Gasteiger partial charge on any atom is -0.311 e. The fourth-order valence-electron chi connectivity index (χ4n) is 2.26. The van der Waals surface area contributed by atoms with E-state index in [1.54, 1.807) is 0 Å². The van der Waals surface area contributed by atoms with E-state index in [1.165, 1.54) is 5.69 Å². The standard InChI is InChI=1S/C14H18Br2N4/c1-4-20-11(5-9(2)19-20)7-13(17-3)14-12(16)6-10(15)8-18-14/h5-6,8,13,17H,4,7H2,1-3H3. The summed E-state index contributed by atoms with van der Waals surface area (Å²) in [5, 5.41) is 7.83. The van der Waals surface area contributed by atoms with E-state index in [1.807, 2.05) is 30.9 Å². The summed E-state index contributed by atoms with van der Waals surface area (Å²) in [4.78, 5) is 4.52. The third-order valence-corrected chi connectivity index (χ3v) is 4.28. The molecule has 0 saturated heterocycles. The summed E-state index contributed by atoms with van der Waals surface area (Å²) in [5.74, 6) is 0. The van der Waals surface area contributed by atoms with Gasteiger partial charge in [-0.1, -0.05) is 0 Å². The molecule has 20 heavy (non-hydrogen) atoms. The SMILES string of the molecule is CCn1nc(C)cc1CC(NC)c1ncc(Br)cc1Br. The molecule has 1 unspecified atom stereocenters. The number of hydrogen-bond acceptors (Lipinski definition) is 3. The lowest BCUT2D eigenvalue weighted by molar-refractivity contribution is 0.530. The Labute approximate surface area is 136 Å². The van der Waals surface area contributed by atoms with Gasteiger partial charge < -0.3 is 5.32 Å². The van der Waals surface area contributed by atoms with E-state index in [0.29, 0.717) is 0 Å². The predicted octanol–water partition coefficient (Wildman–Crippen LogP) is 3.63. The molecule has 2 rings (SSSR count). The maximum Gasteiger partial charge on any atom is 0.0719 e. The number of halogens is 2. The summed E-state index contributed by atoms with van der Waals surface area (Å²) in [7, 11) is 1.96.